The van der Waals surface area contributed by atoms with E-state index in [1.54, 1.807) is 114 Å². The Balaban J connectivity index is 0.000000177. The highest BCUT2D eigenvalue weighted by atomic mass is 32.2. The summed E-state index contributed by atoms with van der Waals surface area (Å²) in [5.41, 5.74) is 7.73. The molecular formula is C81H119N10O15PS4. The van der Waals surface area contributed by atoms with E-state index >= 15 is 0 Å². The standard InChI is InChI=1S/C21H30N2O3S.C19H26N2O2S.C18H28N2O3S.C18H26N2O3S.C5H9N2O4P/c1-2-17-26-18-12-19-8-13-22(14-9-19)20-10-15-23(16-11-20)27(24,25)21-6-4-3-5-7-21;1-2-6-17-9-13-20(14-10-17)18-11-15-21(16-12-18)24(22,23)19-7-4-3-5-8-19;2*21-15-10-16-6-11-19(12-7-16)17-8-13-20(14-9-17)24(22,23)18-4-2-1-3-5-18;1-4(8)5(7-6)12(9,10-2)11-3/h1,3-7,19-20H,8-18H2;1,3-5,7-8,17-18H,6,9-16H2;1-5,16-17,21H,6-15H2;1-5,15-17H,6-14H2;1-3H3. The maximum Gasteiger partial charge on any atom is 0.446 e. The lowest BCUT2D eigenvalue weighted by Crippen LogP contribution is -2.49. The third-order valence-corrected chi connectivity index (χ3v) is 32.8. The van der Waals surface area contributed by atoms with Crippen molar-refractivity contribution in [3.63, 3.8) is 0 Å². The molecule has 8 aliphatic rings. The molecular weight excluding hydrogens is 1510 g/mol. The Morgan fingerprint density at radius 1 is 0.459 bits per heavy atom. The van der Waals surface area contributed by atoms with Gasteiger partial charge in [-0.15, -0.1) is 18.8 Å². The van der Waals surface area contributed by atoms with Gasteiger partial charge in [-0.25, -0.2) is 38.2 Å². The lowest BCUT2D eigenvalue weighted by atomic mass is 9.91. The number of likely N-dealkylation sites (tertiary alicyclic amines) is 4. The molecule has 4 aromatic rings. The van der Waals surface area contributed by atoms with Crippen LogP contribution in [0.2, 0.25) is 0 Å². The second-order valence-corrected chi connectivity index (χ2v) is 39.8. The molecule has 0 bridgehead atoms. The molecule has 0 aliphatic carbocycles. The van der Waals surface area contributed by atoms with Crippen molar-refractivity contribution in [2.45, 2.75) is 179 Å². The lowest BCUT2D eigenvalue weighted by molar-refractivity contribution is -0.114. The fraction of sp³-hybridized carbons (Fsp3) is 0.617. The SMILES string of the molecule is C#CCC1CCN(C2CCN(S(=O)(=O)c3ccccc3)CC2)CC1.C#CCOCCC1CCN(C2CCN(S(=O)(=O)c3ccccc3)CC2)CC1.COP(=O)(OC)C(=[N+]=[N-])C(C)=O.O=CCC1CCN(C2CCN(S(=O)(=O)c3ccccc3)CC2)CC1.O=S(=O)(c1ccccc1)N1CCC(N2CCC(CCO)CC2)CC1. The number of aliphatic hydroxyl groups is 1. The summed E-state index contributed by atoms with van der Waals surface area (Å²) in [5.74, 6) is 7.21. The first-order valence-corrected chi connectivity index (χ1v) is 46.9. The Morgan fingerprint density at radius 2 is 0.739 bits per heavy atom. The summed E-state index contributed by atoms with van der Waals surface area (Å²) < 4.78 is 134. The van der Waals surface area contributed by atoms with Gasteiger partial charge in [0.1, 0.15) is 12.9 Å². The summed E-state index contributed by atoms with van der Waals surface area (Å²) in [4.78, 5) is 35.6. The molecule has 8 fully saturated rings. The van der Waals surface area contributed by atoms with Gasteiger partial charge in [-0.2, -0.15) is 22.0 Å². The second kappa shape index (κ2) is 45.5. The number of rotatable bonds is 25. The van der Waals surface area contributed by atoms with Gasteiger partial charge in [-0.3, -0.25) is 4.79 Å². The summed E-state index contributed by atoms with van der Waals surface area (Å²) in [6.45, 7) is 16.1. The number of piperidine rings is 8. The predicted molar refractivity (Wildman–Crippen MR) is 431 cm³/mol. The number of ether oxygens (including phenoxy) is 1. The van der Waals surface area contributed by atoms with E-state index in [0.29, 0.717) is 133 Å². The fourth-order valence-electron chi connectivity index (χ4n) is 16.5. The molecule has 30 heteroatoms. The van der Waals surface area contributed by atoms with E-state index in [4.69, 9.17) is 28.2 Å². The Bertz CT molecular complexity index is 4110. The van der Waals surface area contributed by atoms with Crippen molar-refractivity contribution in [1.29, 1.82) is 0 Å². The lowest BCUT2D eigenvalue weighted by Gasteiger charge is -2.41. The molecule has 0 atom stereocenters. The van der Waals surface area contributed by atoms with Crippen LogP contribution in [0.4, 0.5) is 0 Å². The number of hydrogen-bond acceptors (Lipinski definition) is 19. The van der Waals surface area contributed by atoms with Crippen LogP contribution in [0.3, 0.4) is 0 Å². The average molecular weight is 1630 g/mol. The number of carbonyl (C=O) groups excluding carboxylic acids is 2. The molecule has 25 nitrogen and oxygen atoms in total. The molecule has 0 spiro atoms. The van der Waals surface area contributed by atoms with Crippen LogP contribution in [0.1, 0.15) is 135 Å². The van der Waals surface area contributed by atoms with Gasteiger partial charge in [0.25, 0.3) is 0 Å². The largest absolute Gasteiger partial charge is 0.446 e. The zero-order valence-electron chi connectivity index (χ0n) is 65.2. The highest BCUT2D eigenvalue weighted by Gasteiger charge is 2.43. The number of benzene rings is 4. The van der Waals surface area contributed by atoms with Crippen LogP contribution in [0.5, 0.6) is 0 Å². The topological polar surface area (TPSA) is 298 Å². The number of hydrogen-bond donors (Lipinski definition) is 1. The zero-order valence-corrected chi connectivity index (χ0v) is 69.4. The van der Waals surface area contributed by atoms with Gasteiger partial charge < -0.3 is 48.8 Å². The van der Waals surface area contributed by atoms with Crippen molar-refractivity contribution in [2.24, 2.45) is 23.7 Å². The van der Waals surface area contributed by atoms with E-state index in [1.807, 2.05) is 24.3 Å². The first kappa shape index (κ1) is 90.8. The molecule has 0 unspecified atom stereocenters. The van der Waals surface area contributed by atoms with Gasteiger partial charge in [-0.1, -0.05) is 78.7 Å². The molecule has 111 heavy (non-hydrogen) atoms. The van der Waals surface area contributed by atoms with Gasteiger partial charge in [0.15, 0.2) is 0 Å². The Kier molecular flexibility index (Phi) is 37.3. The first-order chi connectivity index (χ1) is 53.4. The molecule has 0 amide bonds. The van der Waals surface area contributed by atoms with Crippen LogP contribution in [-0.4, -0.2) is 261 Å². The number of ketones is 1. The van der Waals surface area contributed by atoms with Crippen molar-refractivity contribution in [2.75, 3.05) is 139 Å². The van der Waals surface area contributed by atoms with Gasteiger partial charge in [-0.05, 0) is 240 Å². The highest BCUT2D eigenvalue weighted by molar-refractivity contribution is 7.90. The molecule has 8 aliphatic heterocycles. The van der Waals surface area contributed by atoms with Gasteiger partial charge in [0.2, 0.25) is 45.9 Å². The Morgan fingerprint density at radius 3 is 0.973 bits per heavy atom. The van der Waals surface area contributed by atoms with Crippen molar-refractivity contribution >= 4 is 65.2 Å². The number of Topliss-reactive ketones (excluding diaryl/α,β-unsaturated/α-hetero) is 1. The molecule has 8 heterocycles. The third kappa shape index (κ3) is 26.4. The second-order valence-electron chi connectivity index (χ2n) is 29.9. The van der Waals surface area contributed by atoms with E-state index in [1.165, 1.54) is 25.7 Å². The number of aldehydes is 1. The van der Waals surface area contributed by atoms with Crippen LogP contribution in [-0.2, 0) is 68.0 Å². The third-order valence-electron chi connectivity index (χ3n) is 23.3. The monoisotopic (exact) mass is 1630 g/mol. The maximum atomic E-state index is 12.7. The van der Waals surface area contributed by atoms with Crippen LogP contribution in [0.25, 0.3) is 5.53 Å². The number of terminal acetylenes is 2. The molecule has 12 rings (SSSR count). The number of sulfonamides is 4. The molecule has 0 saturated carbocycles. The van der Waals surface area contributed by atoms with E-state index in [9.17, 15) is 47.8 Å². The van der Waals surface area contributed by atoms with Crippen LogP contribution < -0.4 is 0 Å². The minimum absolute atomic E-state index is 0.292. The van der Waals surface area contributed by atoms with Crippen LogP contribution in [0, 0.1) is 48.4 Å². The quantitative estimate of drug-likeness (QED) is 0.0123. The number of aliphatic hydroxyl groups excluding tert-OH is 1. The average Bonchev–Trinajstić information content (AvgIpc) is 0.815. The zero-order chi connectivity index (χ0) is 79.9. The van der Waals surface area contributed by atoms with Crippen LogP contribution >= 0.6 is 7.60 Å². The molecule has 0 radical (unpaired) electrons. The van der Waals surface area contributed by atoms with E-state index in [2.05, 4.69) is 45.3 Å². The minimum atomic E-state index is -3.70. The normalized spacial score (nSPS) is 20.9. The fourth-order valence-corrected chi connectivity index (χ4v) is 23.4. The Hall–Kier alpha value is -5.73. The molecule has 612 valence electrons. The molecule has 4 aromatic carbocycles. The molecule has 0 aromatic heterocycles. The van der Waals surface area contributed by atoms with Gasteiger partial charge >= 0.3 is 13.0 Å². The van der Waals surface area contributed by atoms with E-state index in [-0.39, 0.29) is 0 Å². The summed E-state index contributed by atoms with van der Waals surface area (Å²) >= 11 is 0. The summed E-state index contributed by atoms with van der Waals surface area (Å²) in [5, 5.41) is 9.06. The molecule has 8 saturated heterocycles. The summed E-state index contributed by atoms with van der Waals surface area (Å²) in [6.07, 6.45) is 31.7. The van der Waals surface area contributed by atoms with E-state index in [0.717, 1.165) is 189 Å². The predicted octanol–water partition coefficient (Wildman–Crippen LogP) is 9.93. The van der Waals surface area contributed by atoms with Crippen molar-refractivity contribution in [1.82, 2.24) is 36.8 Å². The first-order valence-electron chi connectivity index (χ1n) is 39.6. The highest BCUT2D eigenvalue weighted by Crippen LogP contribution is 2.47. The van der Waals surface area contributed by atoms with Gasteiger partial charge in [0.05, 0.1) is 19.6 Å². The van der Waals surface area contributed by atoms with Crippen molar-refractivity contribution in [3.05, 3.63) is 127 Å². The van der Waals surface area contributed by atoms with E-state index < -0.39 is 58.9 Å². The van der Waals surface area contributed by atoms with Crippen molar-refractivity contribution < 1.29 is 71.5 Å². The summed E-state index contributed by atoms with van der Waals surface area (Å²) in [7, 11) is -14.9. The minimum Gasteiger partial charge on any atom is -0.396 e. The smallest absolute Gasteiger partial charge is 0.396 e. The van der Waals surface area contributed by atoms with Gasteiger partial charge in [0, 0.05) is 124 Å². The van der Waals surface area contributed by atoms with Crippen molar-refractivity contribution in [3.8, 4) is 24.7 Å². The number of nitrogens with zero attached hydrogens (tertiary/aromatic N) is 10. The number of carbonyl (C=O) groups is 2. The maximum absolute atomic E-state index is 12.7. The molecule has 1 N–H and O–H groups in total. The van der Waals surface area contributed by atoms with Crippen LogP contribution in [0.15, 0.2) is 141 Å². The summed E-state index contributed by atoms with van der Waals surface area (Å²) in [6, 6.07) is 36.9. The Labute approximate surface area is 662 Å².